The average molecular weight is 287 g/mol. The molecule has 3 rings (SSSR count). The summed E-state index contributed by atoms with van der Waals surface area (Å²) in [7, 11) is 0. The van der Waals surface area contributed by atoms with Gasteiger partial charge in [0, 0.05) is 16.8 Å². The van der Waals surface area contributed by atoms with Gasteiger partial charge in [0.1, 0.15) is 0 Å². The van der Waals surface area contributed by atoms with Crippen molar-refractivity contribution in [1.29, 1.82) is 0 Å². The van der Waals surface area contributed by atoms with E-state index in [2.05, 4.69) is 17.2 Å². The van der Waals surface area contributed by atoms with Gasteiger partial charge in [0.05, 0.1) is 6.26 Å². The van der Waals surface area contributed by atoms with Crippen LogP contribution in [0.2, 0.25) is 0 Å². The molecule has 0 unspecified atom stereocenters. The minimum absolute atomic E-state index is 0.278. The highest BCUT2D eigenvalue weighted by Gasteiger charge is 2.08. The zero-order chi connectivity index (χ0) is 15.2. The third-order valence-corrected chi connectivity index (χ3v) is 2.99. The van der Waals surface area contributed by atoms with Crippen LogP contribution in [0.25, 0.3) is 0 Å². The van der Waals surface area contributed by atoms with Gasteiger partial charge in [-0.3, -0.25) is 4.79 Å². The first-order valence-corrected chi connectivity index (χ1v) is 6.83. The molecule has 1 aromatic heterocycles. The zero-order valence-electron chi connectivity index (χ0n) is 11.7. The van der Waals surface area contributed by atoms with Crippen LogP contribution < -0.4 is 5.32 Å². The number of hydrogen-bond donors (Lipinski definition) is 1. The Hall–Kier alpha value is -3.25. The first kappa shape index (κ1) is 13.7. The number of carbonyl (C=O) groups is 1. The molecule has 2 aromatic carbocycles. The van der Waals surface area contributed by atoms with Crippen LogP contribution in [0.15, 0.2) is 77.4 Å². The van der Waals surface area contributed by atoms with Gasteiger partial charge >= 0.3 is 0 Å². The molecule has 1 N–H and O–H groups in total. The molecule has 0 radical (unpaired) electrons. The van der Waals surface area contributed by atoms with Crippen LogP contribution in [0.4, 0.5) is 5.69 Å². The molecule has 0 fully saturated rings. The number of amides is 1. The number of anilines is 1. The molecule has 3 heteroatoms. The Morgan fingerprint density at radius 1 is 0.864 bits per heavy atom. The zero-order valence-corrected chi connectivity index (χ0v) is 11.7. The van der Waals surface area contributed by atoms with Crippen LogP contribution in [0, 0.1) is 11.8 Å². The summed E-state index contributed by atoms with van der Waals surface area (Å²) in [6, 6.07) is 20.5. The number of benzene rings is 2. The van der Waals surface area contributed by atoms with Gasteiger partial charge in [0.15, 0.2) is 5.76 Å². The second-order valence-corrected chi connectivity index (χ2v) is 4.63. The maximum absolute atomic E-state index is 11.9. The minimum Gasteiger partial charge on any atom is -0.459 e. The van der Waals surface area contributed by atoms with Gasteiger partial charge in [-0.1, -0.05) is 36.1 Å². The molecule has 3 nitrogen and oxygen atoms in total. The van der Waals surface area contributed by atoms with Crippen molar-refractivity contribution in [2.45, 2.75) is 0 Å². The number of carbonyl (C=O) groups excluding carboxylic acids is 1. The summed E-state index contributed by atoms with van der Waals surface area (Å²) in [5.74, 6) is 6.17. The van der Waals surface area contributed by atoms with Gasteiger partial charge < -0.3 is 9.73 Å². The van der Waals surface area contributed by atoms with E-state index < -0.39 is 0 Å². The van der Waals surface area contributed by atoms with Gasteiger partial charge in [-0.05, 0) is 42.5 Å². The first-order chi connectivity index (χ1) is 10.8. The Balaban J connectivity index is 1.76. The van der Waals surface area contributed by atoms with Crippen LogP contribution in [0.3, 0.4) is 0 Å². The van der Waals surface area contributed by atoms with E-state index in [1.54, 1.807) is 12.1 Å². The summed E-state index contributed by atoms with van der Waals surface area (Å²) in [6.45, 7) is 0. The molecule has 0 spiro atoms. The molecule has 1 amide bonds. The molecule has 0 bridgehead atoms. The van der Waals surface area contributed by atoms with Crippen LogP contribution >= 0.6 is 0 Å². The Morgan fingerprint density at radius 3 is 2.41 bits per heavy atom. The number of furan rings is 1. The summed E-state index contributed by atoms with van der Waals surface area (Å²) in [5.41, 5.74) is 2.47. The standard InChI is InChI=1S/C19H13NO2/c21-19(18-10-5-13-22-18)20-17-9-4-8-16(14-17)12-11-15-6-2-1-3-7-15/h1-10,13-14H,(H,20,21). The van der Waals surface area contributed by atoms with Crippen molar-refractivity contribution in [1.82, 2.24) is 0 Å². The second kappa shape index (κ2) is 6.47. The van der Waals surface area contributed by atoms with E-state index in [1.807, 2.05) is 54.6 Å². The Kier molecular flexibility index (Phi) is 4.03. The summed E-state index contributed by atoms with van der Waals surface area (Å²) < 4.78 is 5.06. The molecule has 0 saturated carbocycles. The lowest BCUT2D eigenvalue weighted by Gasteiger charge is -2.03. The quantitative estimate of drug-likeness (QED) is 0.726. The van der Waals surface area contributed by atoms with Crippen LogP contribution in [0.1, 0.15) is 21.7 Å². The Bertz CT molecular complexity index is 825. The smallest absolute Gasteiger partial charge is 0.291 e. The van der Waals surface area contributed by atoms with Crippen LogP contribution in [-0.2, 0) is 0 Å². The van der Waals surface area contributed by atoms with Crippen molar-refractivity contribution in [3.63, 3.8) is 0 Å². The lowest BCUT2D eigenvalue weighted by atomic mass is 10.1. The second-order valence-electron chi connectivity index (χ2n) is 4.63. The SMILES string of the molecule is O=C(Nc1cccc(C#Cc2ccccc2)c1)c1ccco1. The molecule has 1 heterocycles. The third-order valence-electron chi connectivity index (χ3n) is 2.99. The van der Waals surface area contributed by atoms with E-state index in [-0.39, 0.29) is 11.7 Å². The summed E-state index contributed by atoms with van der Waals surface area (Å²) >= 11 is 0. The molecule has 3 aromatic rings. The van der Waals surface area contributed by atoms with Gasteiger partial charge in [0.25, 0.3) is 5.91 Å². The molecular formula is C19H13NO2. The lowest BCUT2D eigenvalue weighted by Crippen LogP contribution is -2.10. The number of nitrogens with one attached hydrogen (secondary N) is 1. The fraction of sp³-hybridized carbons (Fsp3) is 0. The highest BCUT2D eigenvalue weighted by Crippen LogP contribution is 2.12. The van der Waals surface area contributed by atoms with Gasteiger partial charge in [-0.15, -0.1) is 0 Å². The molecule has 0 aliphatic carbocycles. The third kappa shape index (κ3) is 3.44. The number of hydrogen-bond acceptors (Lipinski definition) is 2. The molecule has 106 valence electrons. The van der Waals surface area contributed by atoms with Crippen molar-refractivity contribution < 1.29 is 9.21 Å². The lowest BCUT2D eigenvalue weighted by molar-refractivity contribution is 0.0996. The predicted octanol–water partition coefficient (Wildman–Crippen LogP) is 3.93. The van der Waals surface area contributed by atoms with E-state index >= 15 is 0 Å². The van der Waals surface area contributed by atoms with Gasteiger partial charge in [-0.2, -0.15) is 0 Å². The predicted molar refractivity (Wildman–Crippen MR) is 85.5 cm³/mol. The fourth-order valence-electron chi connectivity index (χ4n) is 1.94. The monoisotopic (exact) mass is 287 g/mol. The van der Waals surface area contributed by atoms with Gasteiger partial charge in [-0.25, -0.2) is 0 Å². The maximum atomic E-state index is 11.9. The molecule has 0 atom stereocenters. The van der Waals surface area contributed by atoms with Crippen molar-refractivity contribution in [2.75, 3.05) is 5.32 Å². The van der Waals surface area contributed by atoms with E-state index in [9.17, 15) is 4.79 Å². The van der Waals surface area contributed by atoms with Gasteiger partial charge in [0.2, 0.25) is 0 Å². The molecular weight excluding hydrogens is 274 g/mol. The highest BCUT2D eigenvalue weighted by atomic mass is 16.3. The van der Waals surface area contributed by atoms with Crippen LogP contribution in [-0.4, -0.2) is 5.91 Å². The Morgan fingerprint density at radius 2 is 1.64 bits per heavy atom. The van der Waals surface area contributed by atoms with E-state index in [0.717, 1.165) is 11.1 Å². The largest absolute Gasteiger partial charge is 0.459 e. The van der Waals surface area contributed by atoms with Crippen molar-refractivity contribution in [3.05, 3.63) is 89.9 Å². The number of rotatable bonds is 2. The fourth-order valence-corrected chi connectivity index (χ4v) is 1.94. The average Bonchev–Trinajstić information content (AvgIpc) is 3.09. The van der Waals surface area contributed by atoms with E-state index in [0.29, 0.717) is 5.69 Å². The summed E-state index contributed by atoms with van der Waals surface area (Å²) in [6.07, 6.45) is 1.47. The highest BCUT2D eigenvalue weighted by molar-refractivity contribution is 6.02. The minimum atomic E-state index is -0.279. The van der Waals surface area contributed by atoms with Crippen LogP contribution in [0.5, 0.6) is 0 Å². The van der Waals surface area contributed by atoms with Crippen molar-refractivity contribution in [2.24, 2.45) is 0 Å². The molecule has 0 aliphatic heterocycles. The summed E-state index contributed by atoms with van der Waals surface area (Å²) in [5, 5.41) is 2.78. The Labute approximate surface area is 128 Å². The maximum Gasteiger partial charge on any atom is 0.291 e. The van der Waals surface area contributed by atoms with Crippen molar-refractivity contribution in [3.8, 4) is 11.8 Å². The molecule has 22 heavy (non-hydrogen) atoms. The van der Waals surface area contributed by atoms with E-state index in [1.165, 1.54) is 6.26 Å². The molecule has 0 saturated heterocycles. The van der Waals surface area contributed by atoms with E-state index in [4.69, 9.17) is 4.42 Å². The normalized spacial score (nSPS) is 9.64. The summed E-state index contributed by atoms with van der Waals surface area (Å²) in [4.78, 5) is 11.9. The topological polar surface area (TPSA) is 42.2 Å². The first-order valence-electron chi connectivity index (χ1n) is 6.83. The van der Waals surface area contributed by atoms with Crippen molar-refractivity contribution >= 4 is 11.6 Å². The molecule has 0 aliphatic rings.